The monoisotopic (exact) mass is 300 g/mol. The van der Waals surface area contributed by atoms with Crippen molar-refractivity contribution >= 4 is 28.8 Å². The lowest BCUT2D eigenvalue weighted by atomic mass is 10.2. The highest BCUT2D eigenvalue weighted by atomic mass is 16.6. The molecule has 0 saturated carbocycles. The SMILES string of the molecule is CN(C)c1ccc(NC(=O)Nc2ccc([N+](=O)[O-])cc2)cc1. The molecule has 0 aliphatic rings. The minimum absolute atomic E-state index is 0.0229. The Bertz CT molecular complexity index is 666. The molecule has 7 nitrogen and oxygen atoms in total. The zero-order chi connectivity index (χ0) is 16.1. The van der Waals surface area contributed by atoms with Crippen LogP contribution in [-0.2, 0) is 0 Å². The predicted octanol–water partition coefficient (Wildman–Crippen LogP) is 3.30. The van der Waals surface area contributed by atoms with Gasteiger partial charge in [-0.3, -0.25) is 10.1 Å². The quantitative estimate of drug-likeness (QED) is 0.670. The number of nitrogens with one attached hydrogen (secondary N) is 2. The first-order valence-electron chi connectivity index (χ1n) is 6.55. The number of benzene rings is 2. The van der Waals surface area contributed by atoms with E-state index in [0.29, 0.717) is 11.4 Å². The summed E-state index contributed by atoms with van der Waals surface area (Å²) in [5, 5.41) is 15.9. The molecule has 0 aromatic heterocycles. The molecule has 114 valence electrons. The molecule has 7 heteroatoms. The van der Waals surface area contributed by atoms with E-state index in [4.69, 9.17) is 0 Å². The highest BCUT2D eigenvalue weighted by molar-refractivity contribution is 5.99. The van der Waals surface area contributed by atoms with Gasteiger partial charge in [0.15, 0.2) is 0 Å². The molecule has 0 bridgehead atoms. The van der Waals surface area contributed by atoms with Crippen LogP contribution in [0.25, 0.3) is 0 Å². The standard InChI is InChI=1S/C15H16N4O3/c1-18(2)13-7-3-11(4-8-13)16-15(20)17-12-5-9-14(10-6-12)19(21)22/h3-10H,1-2H3,(H2,16,17,20). The first kappa shape index (κ1) is 15.3. The van der Waals surface area contributed by atoms with Gasteiger partial charge in [0.05, 0.1) is 4.92 Å². The molecule has 22 heavy (non-hydrogen) atoms. The van der Waals surface area contributed by atoms with Gasteiger partial charge >= 0.3 is 6.03 Å². The number of hydrogen-bond acceptors (Lipinski definition) is 4. The van der Waals surface area contributed by atoms with Crippen LogP contribution in [-0.4, -0.2) is 25.0 Å². The lowest BCUT2D eigenvalue weighted by Gasteiger charge is -2.13. The van der Waals surface area contributed by atoms with E-state index in [9.17, 15) is 14.9 Å². The van der Waals surface area contributed by atoms with Crippen molar-refractivity contribution in [1.29, 1.82) is 0 Å². The van der Waals surface area contributed by atoms with Crippen LogP contribution in [0.2, 0.25) is 0 Å². The first-order valence-corrected chi connectivity index (χ1v) is 6.55. The maximum atomic E-state index is 11.9. The van der Waals surface area contributed by atoms with Crippen molar-refractivity contribution in [3.05, 3.63) is 58.6 Å². The van der Waals surface area contributed by atoms with E-state index in [2.05, 4.69) is 10.6 Å². The summed E-state index contributed by atoms with van der Waals surface area (Å²) >= 11 is 0. The second-order valence-corrected chi connectivity index (χ2v) is 4.82. The molecular formula is C15H16N4O3. The molecule has 0 unspecified atom stereocenters. The fourth-order valence-corrected chi connectivity index (χ4v) is 1.80. The molecule has 0 radical (unpaired) electrons. The number of amides is 2. The summed E-state index contributed by atoms with van der Waals surface area (Å²) in [6, 6.07) is 12.6. The molecule has 0 fully saturated rings. The van der Waals surface area contributed by atoms with E-state index >= 15 is 0 Å². The average molecular weight is 300 g/mol. The molecule has 2 aromatic carbocycles. The number of nitrogens with zero attached hydrogens (tertiary/aromatic N) is 2. The normalized spacial score (nSPS) is 9.91. The molecule has 2 amide bonds. The zero-order valence-corrected chi connectivity index (χ0v) is 12.2. The van der Waals surface area contributed by atoms with Crippen LogP contribution in [0.15, 0.2) is 48.5 Å². The van der Waals surface area contributed by atoms with Gasteiger partial charge in [0, 0.05) is 43.3 Å². The van der Waals surface area contributed by atoms with Crippen LogP contribution in [0.5, 0.6) is 0 Å². The van der Waals surface area contributed by atoms with Gasteiger partial charge in [-0.2, -0.15) is 0 Å². The molecule has 0 atom stereocenters. The number of non-ortho nitro benzene ring substituents is 1. The summed E-state index contributed by atoms with van der Waals surface area (Å²) in [7, 11) is 3.87. The summed E-state index contributed by atoms with van der Waals surface area (Å²) in [4.78, 5) is 23.9. The van der Waals surface area contributed by atoms with E-state index in [-0.39, 0.29) is 5.69 Å². The Hall–Kier alpha value is -3.09. The topological polar surface area (TPSA) is 87.5 Å². The smallest absolute Gasteiger partial charge is 0.323 e. The number of carbonyl (C=O) groups excluding carboxylic acids is 1. The molecule has 0 saturated heterocycles. The number of nitro groups is 1. The maximum Gasteiger partial charge on any atom is 0.323 e. The van der Waals surface area contributed by atoms with Gasteiger partial charge in [-0.15, -0.1) is 0 Å². The molecule has 2 aromatic rings. The third kappa shape index (κ3) is 3.95. The highest BCUT2D eigenvalue weighted by Gasteiger charge is 2.06. The number of carbonyl (C=O) groups is 1. The van der Waals surface area contributed by atoms with Crippen LogP contribution >= 0.6 is 0 Å². The summed E-state index contributed by atoms with van der Waals surface area (Å²) in [6.45, 7) is 0. The molecule has 2 rings (SSSR count). The Morgan fingerprint density at radius 3 is 1.82 bits per heavy atom. The van der Waals surface area contributed by atoms with Crippen molar-refractivity contribution < 1.29 is 9.72 Å². The van der Waals surface area contributed by atoms with Crippen LogP contribution in [0.1, 0.15) is 0 Å². The molecule has 0 spiro atoms. The Labute approximate surface area is 127 Å². The summed E-state index contributed by atoms with van der Waals surface area (Å²) in [5.74, 6) is 0. The van der Waals surface area contributed by atoms with Crippen LogP contribution in [0.3, 0.4) is 0 Å². The maximum absolute atomic E-state index is 11.9. The van der Waals surface area contributed by atoms with Crippen molar-refractivity contribution in [1.82, 2.24) is 0 Å². The number of urea groups is 1. The Balaban J connectivity index is 1.96. The molecule has 0 aliphatic carbocycles. The fraction of sp³-hybridized carbons (Fsp3) is 0.133. The molecule has 2 N–H and O–H groups in total. The second kappa shape index (κ2) is 6.57. The Morgan fingerprint density at radius 1 is 0.955 bits per heavy atom. The lowest BCUT2D eigenvalue weighted by molar-refractivity contribution is -0.384. The third-order valence-electron chi connectivity index (χ3n) is 2.98. The van der Waals surface area contributed by atoms with Crippen molar-refractivity contribution in [2.75, 3.05) is 29.6 Å². The number of nitro benzene ring substituents is 1. The van der Waals surface area contributed by atoms with Crippen LogP contribution in [0, 0.1) is 10.1 Å². The van der Waals surface area contributed by atoms with Crippen molar-refractivity contribution in [2.24, 2.45) is 0 Å². The van der Waals surface area contributed by atoms with Gasteiger partial charge in [-0.25, -0.2) is 4.79 Å². The zero-order valence-electron chi connectivity index (χ0n) is 12.2. The first-order chi connectivity index (χ1) is 10.5. The van der Waals surface area contributed by atoms with E-state index < -0.39 is 11.0 Å². The molecule has 0 aliphatic heterocycles. The average Bonchev–Trinajstić information content (AvgIpc) is 2.48. The Morgan fingerprint density at radius 2 is 1.41 bits per heavy atom. The predicted molar refractivity (Wildman–Crippen MR) is 86.5 cm³/mol. The molecular weight excluding hydrogens is 284 g/mol. The summed E-state index contributed by atoms with van der Waals surface area (Å²) in [6.07, 6.45) is 0. The van der Waals surface area contributed by atoms with Crippen molar-refractivity contribution in [3.63, 3.8) is 0 Å². The van der Waals surface area contributed by atoms with Crippen LogP contribution < -0.4 is 15.5 Å². The molecule has 0 heterocycles. The van der Waals surface area contributed by atoms with Gasteiger partial charge in [0.1, 0.15) is 0 Å². The number of rotatable bonds is 4. The highest BCUT2D eigenvalue weighted by Crippen LogP contribution is 2.17. The van der Waals surface area contributed by atoms with Gasteiger partial charge in [-0.1, -0.05) is 0 Å². The van der Waals surface area contributed by atoms with Gasteiger partial charge in [0.2, 0.25) is 0 Å². The minimum atomic E-state index is -0.490. The van der Waals surface area contributed by atoms with E-state index in [1.165, 1.54) is 24.3 Å². The second-order valence-electron chi connectivity index (χ2n) is 4.82. The minimum Gasteiger partial charge on any atom is -0.378 e. The third-order valence-corrected chi connectivity index (χ3v) is 2.98. The van der Waals surface area contributed by atoms with Gasteiger partial charge in [-0.05, 0) is 36.4 Å². The van der Waals surface area contributed by atoms with E-state index in [1.807, 2.05) is 31.1 Å². The number of anilines is 3. The van der Waals surface area contributed by atoms with E-state index in [0.717, 1.165) is 5.69 Å². The summed E-state index contributed by atoms with van der Waals surface area (Å²) < 4.78 is 0. The van der Waals surface area contributed by atoms with Crippen LogP contribution in [0.4, 0.5) is 27.5 Å². The van der Waals surface area contributed by atoms with Gasteiger partial charge < -0.3 is 15.5 Å². The van der Waals surface area contributed by atoms with Crippen molar-refractivity contribution in [3.8, 4) is 0 Å². The largest absolute Gasteiger partial charge is 0.378 e. The van der Waals surface area contributed by atoms with Crippen molar-refractivity contribution in [2.45, 2.75) is 0 Å². The Kier molecular flexibility index (Phi) is 4.57. The summed E-state index contributed by atoms with van der Waals surface area (Å²) in [5.41, 5.74) is 2.14. The van der Waals surface area contributed by atoms with Gasteiger partial charge in [0.25, 0.3) is 5.69 Å². The fourth-order valence-electron chi connectivity index (χ4n) is 1.80. The lowest BCUT2D eigenvalue weighted by Crippen LogP contribution is -2.19. The van der Waals surface area contributed by atoms with E-state index in [1.54, 1.807) is 12.1 Å². The number of hydrogen-bond donors (Lipinski definition) is 2.